The maximum atomic E-state index is 13.2. The number of carbonyl (C=O) groups is 1. The van der Waals surface area contributed by atoms with Crippen LogP contribution in [-0.2, 0) is 13.6 Å². The molecule has 6 nitrogen and oxygen atoms in total. The summed E-state index contributed by atoms with van der Waals surface area (Å²) in [6.45, 7) is 23.4. The van der Waals surface area contributed by atoms with Gasteiger partial charge in [-0.3, -0.25) is 4.79 Å². The largest absolute Gasteiger partial charge is 0.451 e. The Morgan fingerprint density at radius 2 is 1.55 bits per heavy atom. The van der Waals surface area contributed by atoms with Crippen LogP contribution >= 0.6 is 0 Å². The molecule has 3 atom stereocenters. The monoisotopic (exact) mass is 443 g/mol. The molecule has 3 unspecified atom stereocenters. The molecule has 168 valence electrons. The number of ketones is 1. The summed E-state index contributed by atoms with van der Waals surface area (Å²) in [4.78, 5) is 17.2. The van der Waals surface area contributed by atoms with Gasteiger partial charge in [0.25, 0.3) is 0 Å². The lowest BCUT2D eigenvalue weighted by Crippen LogP contribution is -2.53. The molecule has 1 aromatic heterocycles. The summed E-state index contributed by atoms with van der Waals surface area (Å²) in [7, 11) is -4.33. The minimum Gasteiger partial charge on any atom is -0.451 e. The molecule has 0 aliphatic heterocycles. The lowest BCUT2D eigenvalue weighted by Gasteiger charge is -2.43. The van der Waals surface area contributed by atoms with Crippen LogP contribution in [0.25, 0.3) is 0 Å². The van der Waals surface area contributed by atoms with Crippen molar-refractivity contribution in [3.63, 3.8) is 0 Å². The van der Waals surface area contributed by atoms with Crippen molar-refractivity contribution in [3.8, 4) is 0 Å². The van der Waals surface area contributed by atoms with E-state index in [1.165, 1.54) is 12.7 Å². The summed E-state index contributed by atoms with van der Waals surface area (Å²) in [6.07, 6.45) is 0.366. The van der Waals surface area contributed by atoms with Crippen molar-refractivity contribution in [2.45, 2.75) is 109 Å². The Balaban J connectivity index is 3.12. The molecule has 0 fully saturated rings. The molecule has 0 saturated carbocycles. The maximum Gasteiger partial charge on any atom is 0.193 e. The molecule has 0 aromatic carbocycles. The highest BCUT2D eigenvalue weighted by Crippen LogP contribution is 2.40. The van der Waals surface area contributed by atoms with Gasteiger partial charge in [-0.1, -0.05) is 41.5 Å². The van der Waals surface area contributed by atoms with Crippen molar-refractivity contribution in [2.75, 3.05) is 0 Å². The van der Waals surface area contributed by atoms with Gasteiger partial charge in [-0.25, -0.2) is 4.98 Å². The Kier molecular flexibility index (Phi) is 8.26. The number of hydrogen-bond acceptors (Lipinski definition) is 6. The number of aromatic nitrogens is 1. The smallest absolute Gasteiger partial charge is 0.193 e. The first-order valence-electron chi connectivity index (χ1n) is 10.3. The first-order chi connectivity index (χ1) is 12.9. The molecule has 1 rings (SSSR count). The second-order valence-electron chi connectivity index (χ2n) is 11.0. The third-order valence-corrected chi connectivity index (χ3v) is 15.5. The Morgan fingerprint density at radius 1 is 1.07 bits per heavy atom. The predicted molar refractivity (Wildman–Crippen MR) is 121 cm³/mol. The first kappa shape index (κ1) is 26.2. The van der Waals surface area contributed by atoms with Crippen molar-refractivity contribution in [3.05, 3.63) is 18.4 Å². The number of nitrogens with zero attached hydrogens (tertiary/aromatic N) is 1. The lowest BCUT2D eigenvalue weighted by molar-refractivity contribution is -0.132. The number of aliphatic hydroxyl groups is 1. The molecule has 0 aliphatic carbocycles. The van der Waals surface area contributed by atoms with Crippen LogP contribution in [0.4, 0.5) is 0 Å². The molecule has 8 heteroatoms. The van der Waals surface area contributed by atoms with Gasteiger partial charge in [-0.05, 0) is 43.2 Å². The van der Waals surface area contributed by atoms with Gasteiger partial charge in [0.05, 0.1) is 6.10 Å². The summed E-state index contributed by atoms with van der Waals surface area (Å²) in [5.74, 6) is -0.170. The summed E-state index contributed by atoms with van der Waals surface area (Å²) in [5.41, 5.74) is 0.349. The van der Waals surface area contributed by atoms with Crippen molar-refractivity contribution in [2.24, 2.45) is 0 Å². The van der Waals surface area contributed by atoms with Gasteiger partial charge < -0.3 is 18.4 Å². The van der Waals surface area contributed by atoms with Gasteiger partial charge in [0, 0.05) is 6.42 Å². The Labute approximate surface area is 178 Å². The molecule has 0 spiro atoms. The van der Waals surface area contributed by atoms with Crippen LogP contribution in [0.1, 0.15) is 66.7 Å². The van der Waals surface area contributed by atoms with Crippen LogP contribution in [0.5, 0.6) is 0 Å². The van der Waals surface area contributed by atoms with E-state index in [1.807, 2.05) is 6.92 Å². The molecule has 0 amide bonds. The maximum absolute atomic E-state index is 13.2. The van der Waals surface area contributed by atoms with E-state index >= 15 is 0 Å². The quantitative estimate of drug-likeness (QED) is 0.510. The lowest BCUT2D eigenvalue weighted by atomic mass is 10.0. The SMILES string of the molecule is CC(O[Si](C)(C)C(C)(C)C)C(O[Si](C)(C)C(C)(C)C)C(=O)CC(O)c1cocn1. The van der Waals surface area contributed by atoms with Gasteiger partial charge in [0.15, 0.2) is 28.8 Å². The minimum absolute atomic E-state index is 0.0199. The summed E-state index contributed by atoms with van der Waals surface area (Å²) >= 11 is 0. The molecule has 0 bridgehead atoms. The van der Waals surface area contributed by atoms with E-state index in [4.69, 9.17) is 13.3 Å². The Bertz CT molecular complexity index is 660. The van der Waals surface area contributed by atoms with Crippen LogP contribution in [0, 0.1) is 0 Å². The van der Waals surface area contributed by atoms with Crippen LogP contribution < -0.4 is 0 Å². The third-order valence-electron chi connectivity index (χ3n) is 6.45. The van der Waals surface area contributed by atoms with Crippen LogP contribution in [-0.4, -0.2) is 44.7 Å². The van der Waals surface area contributed by atoms with Gasteiger partial charge in [-0.2, -0.15) is 0 Å². The fourth-order valence-corrected chi connectivity index (χ4v) is 5.14. The highest BCUT2D eigenvalue weighted by Gasteiger charge is 2.45. The second kappa shape index (κ2) is 9.13. The molecule has 1 aromatic rings. The average molecular weight is 444 g/mol. The third kappa shape index (κ3) is 6.85. The summed E-state index contributed by atoms with van der Waals surface area (Å²) in [5, 5.41) is 10.4. The zero-order valence-electron chi connectivity index (χ0n) is 20.1. The average Bonchev–Trinajstić information content (AvgIpc) is 3.04. The number of Topliss-reactive ketones (excluding diaryl/α,β-unsaturated/α-hetero) is 1. The zero-order valence-corrected chi connectivity index (χ0v) is 22.1. The zero-order chi connectivity index (χ0) is 22.8. The highest BCUT2D eigenvalue weighted by atomic mass is 28.4. The molecule has 1 N–H and O–H groups in total. The summed E-state index contributed by atoms with van der Waals surface area (Å²) in [6, 6.07) is 0. The number of rotatable bonds is 9. The van der Waals surface area contributed by atoms with Gasteiger partial charge in [0.1, 0.15) is 24.2 Å². The van der Waals surface area contributed by atoms with Crippen LogP contribution in [0.2, 0.25) is 36.3 Å². The molecule has 0 radical (unpaired) electrons. The van der Waals surface area contributed by atoms with Crippen molar-refractivity contribution in [1.82, 2.24) is 4.98 Å². The molecular formula is C21H41NO5Si2. The van der Waals surface area contributed by atoms with Crippen LogP contribution in [0.15, 0.2) is 17.1 Å². The predicted octanol–water partition coefficient (Wildman–Crippen LogP) is 5.47. The van der Waals surface area contributed by atoms with Crippen molar-refractivity contribution >= 4 is 22.4 Å². The normalized spacial score (nSPS) is 17.1. The van der Waals surface area contributed by atoms with E-state index in [2.05, 4.69) is 72.7 Å². The minimum atomic E-state index is -2.23. The summed E-state index contributed by atoms with van der Waals surface area (Å²) < 4.78 is 18.0. The highest BCUT2D eigenvalue weighted by molar-refractivity contribution is 6.74. The van der Waals surface area contributed by atoms with E-state index in [1.54, 1.807) is 0 Å². The second-order valence-corrected chi connectivity index (χ2v) is 20.5. The fraction of sp³-hybridized carbons (Fsp3) is 0.810. The van der Waals surface area contributed by atoms with E-state index in [9.17, 15) is 9.90 Å². The van der Waals surface area contributed by atoms with E-state index in [0.717, 1.165) is 0 Å². The molecule has 0 aliphatic rings. The molecular weight excluding hydrogens is 402 g/mol. The van der Waals surface area contributed by atoms with Crippen molar-refractivity contribution < 1.29 is 23.2 Å². The topological polar surface area (TPSA) is 81.8 Å². The number of hydrogen-bond donors (Lipinski definition) is 1. The molecule has 1 heterocycles. The van der Waals surface area contributed by atoms with Gasteiger partial charge in [-0.15, -0.1) is 0 Å². The number of aliphatic hydroxyl groups excluding tert-OH is 1. The van der Waals surface area contributed by atoms with Crippen molar-refractivity contribution in [1.29, 1.82) is 0 Å². The van der Waals surface area contributed by atoms with E-state index < -0.39 is 34.9 Å². The standard InChI is InChI=1S/C21H41NO5Si2/c1-15(26-28(8,9)20(2,3)4)19(27-29(10,11)21(5,6)7)18(24)12-17(23)16-13-25-14-22-16/h13-15,17,19,23H,12H2,1-11H3. The van der Waals surface area contributed by atoms with E-state index in [-0.39, 0.29) is 22.3 Å². The molecule has 29 heavy (non-hydrogen) atoms. The fourth-order valence-electron chi connectivity index (χ4n) is 2.42. The van der Waals surface area contributed by atoms with Crippen LogP contribution in [0.3, 0.4) is 0 Å². The van der Waals surface area contributed by atoms with E-state index in [0.29, 0.717) is 5.69 Å². The molecule has 0 saturated heterocycles. The van der Waals surface area contributed by atoms with Gasteiger partial charge in [0.2, 0.25) is 0 Å². The number of carbonyl (C=O) groups excluding carboxylic acids is 1. The van der Waals surface area contributed by atoms with Gasteiger partial charge >= 0.3 is 0 Å². The number of oxazole rings is 1. The Hall–Kier alpha value is -0.806. The Morgan fingerprint density at radius 3 is 1.97 bits per heavy atom. The first-order valence-corrected chi connectivity index (χ1v) is 16.2.